The molecular formula is C16H22N4O5. The Hall–Kier alpha value is -2.71. The topological polar surface area (TPSA) is 116 Å². The molecule has 0 aromatic carbocycles. The summed E-state index contributed by atoms with van der Waals surface area (Å²) in [5.74, 6) is -0.205. The van der Waals surface area contributed by atoms with E-state index in [1.807, 2.05) is 0 Å². The predicted octanol–water partition coefficient (Wildman–Crippen LogP) is 2.36. The molecular weight excluding hydrogens is 328 g/mol. The Kier molecular flexibility index (Phi) is 5.24. The van der Waals surface area contributed by atoms with Gasteiger partial charge in [0.05, 0.1) is 4.92 Å². The van der Waals surface area contributed by atoms with Gasteiger partial charge in [0.25, 0.3) is 0 Å². The number of aromatic nitrogens is 2. The Balaban J connectivity index is 2.13. The summed E-state index contributed by atoms with van der Waals surface area (Å²) in [6.07, 6.45) is 2.99. The molecule has 0 aliphatic heterocycles. The predicted molar refractivity (Wildman–Crippen MR) is 89.9 cm³/mol. The lowest BCUT2D eigenvalue weighted by molar-refractivity contribution is -0.385. The lowest BCUT2D eigenvalue weighted by Gasteiger charge is -2.22. The first kappa shape index (κ1) is 18.6. The van der Waals surface area contributed by atoms with Crippen molar-refractivity contribution in [3.63, 3.8) is 0 Å². The summed E-state index contributed by atoms with van der Waals surface area (Å²) in [5.41, 5.74) is 0.0962. The van der Waals surface area contributed by atoms with Crippen LogP contribution in [-0.2, 0) is 16.6 Å². The molecule has 9 heteroatoms. The molecule has 0 spiro atoms. The number of aryl methyl sites for hydroxylation is 1. The number of nitro groups is 1. The van der Waals surface area contributed by atoms with Crippen LogP contribution in [0.5, 0.6) is 0 Å². The van der Waals surface area contributed by atoms with Gasteiger partial charge in [-0.1, -0.05) is 0 Å². The van der Waals surface area contributed by atoms with Crippen LogP contribution < -0.4 is 5.32 Å². The molecule has 0 saturated heterocycles. The number of hydrogen-bond acceptors (Lipinski definition) is 6. The summed E-state index contributed by atoms with van der Waals surface area (Å²) >= 11 is 0. The summed E-state index contributed by atoms with van der Waals surface area (Å²) in [6.45, 7) is 5.27. The zero-order valence-electron chi connectivity index (χ0n) is 14.7. The molecule has 1 aliphatic carbocycles. The number of allylic oxidation sites excluding steroid dienone is 2. The summed E-state index contributed by atoms with van der Waals surface area (Å²) in [5, 5.41) is 17.8. The first-order chi connectivity index (χ1) is 11.6. The van der Waals surface area contributed by atoms with E-state index in [2.05, 4.69) is 10.4 Å². The monoisotopic (exact) mass is 350 g/mol. The number of carbonyl (C=O) groups is 2. The zero-order valence-corrected chi connectivity index (χ0v) is 14.7. The number of amides is 1. The van der Waals surface area contributed by atoms with Crippen molar-refractivity contribution in [1.82, 2.24) is 15.1 Å². The van der Waals surface area contributed by atoms with Crippen molar-refractivity contribution in [2.75, 3.05) is 0 Å². The normalized spacial score (nSPS) is 18.3. The van der Waals surface area contributed by atoms with Crippen molar-refractivity contribution in [3.8, 4) is 0 Å². The number of carbonyl (C=O) groups excluding carboxylic acids is 2. The molecule has 1 aromatic rings. The van der Waals surface area contributed by atoms with Crippen molar-refractivity contribution in [2.24, 2.45) is 7.05 Å². The van der Waals surface area contributed by atoms with E-state index in [0.29, 0.717) is 24.1 Å². The van der Waals surface area contributed by atoms with Crippen molar-refractivity contribution in [3.05, 3.63) is 28.1 Å². The fraction of sp³-hybridized carbons (Fsp3) is 0.562. The Morgan fingerprint density at radius 1 is 1.48 bits per heavy atom. The zero-order chi connectivity index (χ0) is 18.8. The molecule has 1 amide bonds. The van der Waals surface area contributed by atoms with Crippen molar-refractivity contribution in [1.29, 1.82) is 0 Å². The lowest BCUT2D eigenvalue weighted by Crippen LogP contribution is -2.39. The number of ketones is 1. The fourth-order valence-corrected chi connectivity index (χ4v) is 2.72. The number of nitrogens with zero attached hydrogens (tertiary/aromatic N) is 3. The van der Waals surface area contributed by atoms with Gasteiger partial charge in [0.2, 0.25) is 0 Å². The van der Waals surface area contributed by atoms with E-state index >= 15 is 0 Å². The van der Waals surface area contributed by atoms with E-state index in [1.165, 1.54) is 17.0 Å². The SMILES string of the molecule is Cn1ncc([N+](=O)[O-])c1C1=CC(=O)CC(NC(=O)OC(C)(C)C)CC1. The summed E-state index contributed by atoms with van der Waals surface area (Å²) < 4.78 is 6.59. The van der Waals surface area contributed by atoms with Gasteiger partial charge in [-0.2, -0.15) is 5.10 Å². The van der Waals surface area contributed by atoms with Gasteiger partial charge in [-0.05, 0) is 45.3 Å². The van der Waals surface area contributed by atoms with Gasteiger partial charge in [0.15, 0.2) is 5.78 Å². The standard InChI is InChI=1S/C16H22N4O5/c1-16(2,3)25-15(22)18-11-6-5-10(7-12(21)8-11)14-13(20(23)24)9-17-19(14)4/h7,9,11H,5-6,8H2,1-4H3,(H,18,22). The maximum atomic E-state index is 12.2. The molecule has 0 saturated carbocycles. The third kappa shape index (κ3) is 4.88. The first-order valence-corrected chi connectivity index (χ1v) is 7.96. The lowest BCUT2D eigenvalue weighted by atomic mass is 10.0. The van der Waals surface area contributed by atoms with E-state index in [4.69, 9.17) is 4.74 Å². The van der Waals surface area contributed by atoms with Crippen molar-refractivity contribution in [2.45, 2.75) is 51.7 Å². The highest BCUT2D eigenvalue weighted by atomic mass is 16.6. The van der Waals surface area contributed by atoms with E-state index in [9.17, 15) is 19.7 Å². The number of nitrogens with one attached hydrogen (secondary N) is 1. The molecule has 0 fully saturated rings. The van der Waals surface area contributed by atoms with Crippen LogP contribution in [0.4, 0.5) is 10.5 Å². The van der Waals surface area contributed by atoms with E-state index in [-0.39, 0.29) is 23.9 Å². The second kappa shape index (κ2) is 7.04. The molecule has 1 aromatic heterocycles. The minimum absolute atomic E-state index is 0.119. The highest BCUT2D eigenvalue weighted by molar-refractivity contribution is 5.98. The van der Waals surface area contributed by atoms with Crippen LogP contribution >= 0.6 is 0 Å². The van der Waals surface area contributed by atoms with Gasteiger partial charge in [0, 0.05) is 19.5 Å². The van der Waals surface area contributed by atoms with Gasteiger partial charge in [-0.25, -0.2) is 4.79 Å². The molecule has 1 atom stereocenters. The summed E-state index contributed by atoms with van der Waals surface area (Å²) in [6, 6.07) is -0.386. The number of alkyl carbamates (subject to hydrolysis) is 1. The molecule has 1 heterocycles. The smallest absolute Gasteiger partial charge is 0.407 e. The minimum Gasteiger partial charge on any atom is -0.444 e. The molecule has 9 nitrogen and oxygen atoms in total. The number of hydrogen-bond donors (Lipinski definition) is 1. The Labute approximate surface area is 145 Å². The van der Waals surface area contributed by atoms with Crippen LogP contribution in [0, 0.1) is 10.1 Å². The fourth-order valence-electron chi connectivity index (χ4n) is 2.72. The van der Waals surface area contributed by atoms with Crippen molar-refractivity contribution >= 4 is 23.1 Å². The molecule has 1 N–H and O–H groups in total. The van der Waals surface area contributed by atoms with Gasteiger partial charge in [-0.15, -0.1) is 0 Å². The average molecular weight is 350 g/mol. The quantitative estimate of drug-likeness (QED) is 0.661. The highest BCUT2D eigenvalue weighted by Gasteiger charge is 2.28. The Bertz CT molecular complexity index is 729. The third-order valence-electron chi connectivity index (χ3n) is 3.69. The largest absolute Gasteiger partial charge is 0.444 e. The minimum atomic E-state index is -0.627. The summed E-state index contributed by atoms with van der Waals surface area (Å²) in [4.78, 5) is 34.7. The summed E-state index contributed by atoms with van der Waals surface area (Å²) in [7, 11) is 1.59. The van der Waals surface area contributed by atoms with Crippen LogP contribution in [0.25, 0.3) is 5.57 Å². The third-order valence-corrected chi connectivity index (χ3v) is 3.69. The van der Waals surface area contributed by atoms with Gasteiger partial charge < -0.3 is 10.1 Å². The molecule has 2 rings (SSSR count). The van der Waals surface area contributed by atoms with E-state index in [1.54, 1.807) is 27.8 Å². The van der Waals surface area contributed by atoms with Gasteiger partial charge in [-0.3, -0.25) is 19.6 Å². The highest BCUT2D eigenvalue weighted by Crippen LogP contribution is 2.31. The van der Waals surface area contributed by atoms with Crippen LogP contribution in [0.15, 0.2) is 12.3 Å². The second-order valence-corrected chi connectivity index (χ2v) is 6.98. The van der Waals surface area contributed by atoms with Crippen LogP contribution in [0.3, 0.4) is 0 Å². The van der Waals surface area contributed by atoms with E-state index in [0.717, 1.165) is 0 Å². The molecule has 25 heavy (non-hydrogen) atoms. The Morgan fingerprint density at radius 2 is 2.16 bits per heavy atom. The number of rotatable bonds is 3. The molecule has 136 valence electrons. The van der Waals surface area contributed by atoms with Gasteiger partial charge in [0.1, 0.15) is 17.5 Å². The molecule has 1 aliphatic rings. The van der Waals surface area contributed by atoms with Crippen LogP contribution in [0.2, 0.25) is 0 Å². The number of ether oxygens (including phenoxy) is 1. The molecule has 1 unspecified atom stereocenters. The van der Waals surface area contributed by atoms with E-state index < -0.39 is 16.6 Å². The second-order valence-electron chi connectivity index (χ2n) is 6.98. The first-order valence-electron chi connectivity index (χ1n) is 7.96. The van der Waals surface area contributed by atoms with Crippen LogP contribution in [0.1, 0.15) is 45.7 Å². The van der Waals surface area contributed by atoms with Crippen LogP contribution in [-0.4, -0.2) is 38.2 Å². The van der Waals surface area contributed by atoms with Gasteiger partial charge >= 0.3 is 11.8 Å². The Morgan fingerprint density at radius 3 is 2.76 bits per heavy atom. The van der Waals surface area contributed by atoms with Crippen molar-refractivity contribution < 1.29 is 19.2 Å². The maximum absolute atomic E-state index is 12.2. The molecule has 0 bridgehead atoms. The molecule has 0 radical (unpaired) electrons. The maximum Gasteiger partial charge on any atom is 0.407 e. The average Bonchev–Trinajstić information content (AvgIpc) is 2.73.